The van der Waals surface area contributed by atoms with Gasteiger partial charge in [0.2, 0.25) is 17.7 Å². The fraction of sp³-hybridized carbons (Fsp3) is 0.600. The van der Waals surface area contributed by atoms with Crippen molar-refractivity contribution in [3.8, 4) is 0 Å². The minimum Gasteiger partial charge on any atom is -0.480 e. The van der Waals surface area contributed by atoms with Crippen molar-refractivity contribution in [3.63, 3.8) is 0 Å². The molecule has 0 aliphatic heterocycles. The number of aliphatic carboxylic acids is 3. The van der Waals surface area contributed by atoms with E-state index in [1.807, 2.05) is 0 Å². The molecule has 0 bridgehead atoms. The molecule has 0 rings (SSSR count). The van der Waals surface area contributed by atoms with Crippen LogP contribution in [-0.2, 0) is 28.8 Å². The summed E-state index contributed by atoms with van der Waals surface area (Å²) in [6.07, 6.45) is 0.369. The Bertz CT molecular complexity index is 518. The number of carbonyl (C=O) groups excluding carboxylic acids is 3. The Kier molecular flexibility index (Phi) is 18.6. The van der Waals surface area contributed by atoms with Crippen molar-refractivity contribution in [2.24, 2.45) is 34.4 Å². The Hall–Kier alpha value is -3.30. The fourth-order valence-electron chi connectivity index (χ4n) is 1.26. The van der Waals surface area contributed by atoms with Gasteiger partial charge in [-0.05, 0) is 19.3 Å². The average molecular weight is 438 g/mol. The maximum absolute atomic E-state index is 10.1. The largest absolute Gasteiger partial charge is 0.480 e. The average Bonchev–Trinajstić information content (AvgIpc) is 2.62. The molecule has 3 atom stereocenters. The van der Waals surface area contributed by atoms with Crippen molar-refractivity contribution in [1.29, 1.82) is 0 Å². The first-order valence-electron chi connectivity index (χ1n) is 8.41. The van der Waals surface area contributed by atoms with Crippen LogP contribution < -0.4 is 34.4 Å². The molecule has 0 aromatic heterocycles. The van der Waals surface area contributed by atoms with E-state index in [2.05, 4.69) is 0 Å². The van der Waals surface area contributed by atoms with Crippen LogP contribution in [0.15, 0.2) is 0 Å². The molecule has 0 radical (unpaired) electrons. The van der Waals surface area contributed by atoms with Gasteiger partial charge in [-0.25, -0.2) is 0 Å². The normalized spacial score (nSPS) is 12.5. The summed E-state index contributed by atoms with van der Waals surface area (Å²) in [5.41, 5.74) is 29.4. The third kappa shape index (κ3) is 24.7. The van der Waals surface area contributed by atoms with Gasteiger partial charge >= 0.3 is 17.9 Å². The number of amides is 3. The zero-order valence-corrected chi connectivity index (χ0v) is 16.2. The third-order valence-corrected chi connectivity index (χ3v) is 3.06. The molecule has 0 aromatic rings. The fourth-order valence-corrected chi connectivity index (χ4v) is 1.26. The predicted octanol–water partition coefficient (Wildman–Crippen LogP) is -4.01. The number of hydrogen-bond donors (Lipinski definition) is 9. The lowest BCUT2D eigenvalue weighted by Gasteiger charge is -2.01. The van der Waals surface area contributed by atoms with Crippen molar-refractivity contribution in [2.75, 3.05) is 0 Å². The van der Waals surface area contributed by atoms with E-state index in [-0.39, 0.29) is 38.5 Å². The smallest absolute Gasteiger partial charge is 0.320 e. The Morgan fingerprint density at radius 3 is 0.767 bits per heavy atom. The Balaban J connectivity index is -0.000000364. The maximum Gasteiger partial charge on any atom is 0.320 e. The summed E-state index contributed by atoms with van der Waals surface area (Å²) in [6, 6.07) is -2.94. The second-order valence-electron chi connectivity index (χ2n) is 5.85. The lowest BCUT2D eigenvalue weighted by atomic mass is 10.2. The van der Waals surface area contributed by atoms with Gasteiger partial charge in [-0.15, -0.1) is 0 Å². The monoisotopic (exact) mass is 438 g/mol. The highest BCUT2D eigenvalue weighted by atomic mass is 16.4. The second-order valence-corrected chi connectivity index (χ2v) is 5.85. The van der Waals surface area contributed by atoms with Crippen LogP contribution in [-0.4, -0.2) is 69.1 Å². The van der Waals surface area contributed by atoms with E-state index in [0.717, 1.165) is 0 Å². The number of carbonyl (C=O) groups is 6. The second kappa shape index (κ2) is 17.8. The maximum atomic E-state index is 10.1. The molecule has 15 nitrogen and oxygen atoms in total. The van der Waals surface area contributed by atoms with E-state index in [1.165, 1.54) is 0 Å². The first-order chi connectivity index (χ1) is 13.6. The van der Waals surface area contributed by atoms with Crippen LogP contribution in [0.1, 0.15) is 38.5 Å². The molecule has 0 aromatic carbocycles. The summed E-state index contributed by atoms with van der Waals surface area (Å²) in [5, 5.41) is 24.7. The van der Waals surface area contributed by atoms with Crippen LogP contribution in [0.25, 0.3) is 0 Å². The van der Waals surface area contributed by atoms with Crippen LogP contribution in [0, 0.1) is 0 Å². The van der Waals surface area contributed by atoms with E-state index in [0.29, 0.717) is 0 Å². The number of nitrogens with two attached hydrogens (primary N) is 6. The Labute approximate surface area is 171 Å². The van der Waals surface area contributed by atoms with Gasteiger partial charge in [0, 0.05) is 19.3 Å². The van der Waals surface area contributed by atoms with Crippen LogP contribution in [0.5, 0.6) is 0 Å². The van der Waals surface area contributed by atoms with E-state index < -0.39 is 53.8 Å². The lowest BCUT2D eigenvalue weighted by Crippen LogP contribution is -2.31. The van der Waals surface area contributed by atoms with Crippen molar-refractivity contribution in [1.82, 2.24) is 0 Å². The summed E-state index contributed by atoms with van der Waals surface area (Å²) < 4.78 is 0. The number of rotatable bonds is 12. The van der Waals surface area contributed by atoms with Crippen molar-refractivity contribution < 1.29 is 44.1 Å². The Morgan fingerprint density at radius 1 is 0.500 bits per heavy atom. The summed E-state index contributed by atoms with van der Waals surface area (Å²) in [5.74, 6) is -4.92. The first kappa shape index (κ1) is 31.4. The quantitative estimate of drug-likeness (QED) is 0.141. The molecule has 0 spiro atoms. The zero-order chi connectivity index (χ0) is 24.4. The SMILES string of the molecule is NC(=O)CC[C@H](N)C(=O)O.NC(=O)CC[C@H](N)C(=O)O.NC(=O)CC[C@H](N)C(=O)O. The molecular formula is C15H30N6O9. The standard InChI is InChI=1S/3C5H10N2O3/c3*6-3(5(9)10)1-2-4(7)8/h3*3H,1-2,6H2,(H2,7,8)(H,9,10)/t3*3-/m000/s1. The van der Waals surface area contributed by atoms with Crippen LogP contribution in [0.2, 0.25) is 0 Å². The van der Waals surface area contributed by atoms with Gasteiger partial charge < -0.3 is 49.7 Å². The highest BCUT2D eigenvalue weighted by molar-refractivity contribution is 5.78. The molecule has 15 N–H and O–H groups in total. The van der Waals surface area contributed by atoms with E-state index >= 15 is 0 Å². The molecule has 0 aliphatic carbocycles. The van der Waals surface area contributed by atoms with Gasteiger partial charge in [-0.1, -0.05) is 0 Å². The topological polar surface area (TPSA) is 319 Å². The first-order valence-corrected chi connectivity index (χ1v) is 8.41. The van der Waals surface area contributed by atoms with Crippen LogP contribution in [0.4, 0.5) is 0 Å². The molecule has 0 fully saturated rings. The molecule has 0 saturated heterocycles. The highest BCUT2D eigenvalue weighted by Crippen LogP contribution is 1.93. The van der Waals surface area contributed by atoms with E-state index in [4.69, 9.17) is 49.7 Å². The van der Waals surface area contributed by atoms with Crippen LogP contribution in [0.3, 0.4) is 0 Å². The molecule has 0 aliphatic rings. The molecule has 0 unspecified atom stereocenters. The van der Waals surface area contributed by atoms with Gasteiger partial charge in [0.25, 0.3) is 0 Å². The minimum atomic E-state index is -1.11. The summed E-state index contributed by atoms with van der Waals surface area (Å²) >= 11 is 0. The van der Waals surface area contributed by atoms with Crippen molar-refractivity contribution in [3.05, 3.63) is 0 Å². The summed E-state index contributed by atoms with van der Waals surface area (Å²) in [6.45, 7) is 0. The van der Waals surface area contributed by atoms with E-state index in [1.54, 1.807) is 0 Å². The summed E-state index contributed by atoms with van der Waals surface area (Å²) in [7, 11) is 0. The number of carboxylic acids is 3. The molecule has 3 amide bonds. The highest BCUT2D eigenvalue weighted by Gasteiger charge is 2.12. The number of hydrogen-bond acceptors (Lipinski definition) is 9. The molecule has 15 heteroatoms. The predicted molar refractivity (Wildman–Crippen MR) is 102 cm³/mol. The molecule has 30 heavy (non-hydrogen) atoms. The third-order valence-electron chi connectivity index (χ3n) is 3.06. The van der Waals surface area contributed by atoms with Gasteiger partial charge in [0.15, 0.2) is 0 Å². The van der Waals surface area contributed by atoms with Crippen molar-refractivity contribution in [2.45, 2.75) is 56.7 Å². The molecule has 0 heterocycles. The summed E-state index contributed by atoms with van der Waals surface area (Å²) in [4.78, 5) is 60.4. The van der Waals surface area contributed by atoms with Gasteiger partial charge in [-0.2, -0.15) is 0 Å². The molecule has 0 saturated carbocycles. The lowest BCUT2D eigenvalue weighted by molar-refractivity contribution is -0.139. The Morgan fingerprint density at radius 2 is 0.667 bits per heavy atom. The van der Waals surface area contributed by atoms with Crippen molar-refractivity contribution >= 4 is 35.6 Å². The minimum absolute atomic E-state index is 0.0213. The van der Waals surface area contributed by atoms with E-state index in [9.17, 15) is 28.8 Å². The molecule has 174 valence electrons. The van der Waals surface area contributed by atoms with Gasteiger partial charge in [-0.3, -0.25) is 28.8 Å². The molecular weight excluding hydrogens is 408 g/mol. The van der Waals surface area contributed by atoms with Gasteiger partial charge in [0.05, 0.1) is 0 Å². The number of primary amides is 3. The van der Waals surface area contributed by atoms with Gasteiger partial charge in [0.1, 0.15) is 18.1 Å². The van der Waals surface area contributed by atoms with Crippen LogP contribution >= 0.6 is 0 Å². The number of carboxylic acid groups (broad SMARTS) is 3. The zero-order valence-electron chi connectivity index (χ0n) is 16.2.